The molecule has 0 bridgehead atoms. The SMILES string of the molecule is COC(=O)CCC1=C(C)/C(=C\c2[nH]c(C)c(/C(Br)=C/Br)c2C)N=C1Cc1[nH]c(/C=C2/N=CC(C)=C2C)c(C)c1CCC(=O)OC. The molecule has 0 fully saturated rings. The van der Waals surface area contributed by atoms with E-state index in [0.29, 0.717) is 19.3 Å². The fourth-order valence-electron chi connectivity index (χ4n) is 5.78. The Balaban J connectivity index is 1.79. The number of H-pyrrole nitrogens is 2. The van der Waals surface area contributed by atoms with Gasteiger partial charge in [-0.05, 0) is 126 Å². The predicted octanol–water partition coefficient (Wildman–Crippen LogP) is 8.53. The molecule has 0 saturated heterocycles. The van der Waals surface area contributed by atoms with Gasteiger partial charge in [-0.25, -0.2) is 0 Å². The Morgan fingerprint density at radius 2 is 1.49 bits per heavy atom. The lowest BCUT2D eigenvalue weighted by Crippen LogP contribution is -2.10. The molecule has 8 nitrogen and oxygen atoms in total. The molecule has 0 saturated carbocycles. The molecule has 0 spiro atoms. The minimum absolute atomic E-state index is 0.252. The first-order valence-corrected chi connectivity index (χ1v) is 16.5. The minimum atomic E-state index is -0.266. The van der Waals surface area contributed by atoms with Gasteiger partial charge in [0.1, 0.15) is 0 Å². The number of halogens is 2. The molecule has 0 unspecified atom stereocenters. The average molecular weight is 741 g/mol. The second kappa shape index (κ2) is 14.7. The van der Waals surface area contributed by atoms with Gasteiger partial charge in [-0.1, -0.05) is 15.9 Å². The number of methoxy groups -OCH3 is 2. The Bertz CT molecular complexity index is 1760. The maximum absolute atomic E-state index is 12.2. The van der Waals surface area contributed by atoms with Gasteiger partial charge in [-0.3, -0.25) is 19.6 Å². The number of aliphatic imine (C=N–C) groups is 2. The first kappa shape index (κ1) is 34.4. The highest BCUT2D eigenvalue weighted by atomic mass is 79.9. The van der Waals surface area contributed by atoms with Crippen LogP contribution in [0.3, 0.4) is 0 Å². The molecule has 0 amide bonds. The zero-order chi connectivity index (χ0) is 33.0. The van der Waals surface area contributed by atoms with Crippen LogP contribution < -0.4 is 0 Å². The largest absolute Gasteiger partial charge is 0.469 e. The molecular formula is C35H40Br2N4O4. The number of rotatable bonds is 11. The van der Waals surface area contributed by atoms with Crippen molar-refractivity contribution in [3.63, 3.8) is 0 Å². The maximum Gasteiger partial charge on any atom is 0.305 e. The number of aryl methyl sites for hydroxylation is 1. The van der Waals surface area contributed by atoms with Crippen LogP contribution in [0.1, 0.15) is 85.1 Å². The highest BCUT2D eigenvalue weighted by Gasteiger charge is 2.26. The van der Waals surface area contributed by atoms with E-state index in [9.17, 15) is 9.59 Å². The van der Waals surface area contributed by atoms with Crippen LogP contribution in [0.4, 0.5) is 0 Å². The van der Waals surface area contributed by atoms with E-state index in [-0.39, 0.29) is 24.8 Å². The molecule has 4 rings (SSSR count). The predicted molar refractivity (Wildman–Crippen MR) is 190 cm³/mol. The summed E-state index contributed by atoms with van der Waals surface area (Å²) in [7, 11) is 2.82. The number of hydrogen-bond acceptors (Lipinski definition) is 6. The molecule has 238 valence electrons. The molecule has 10 heteroatoms. The molecule has 2 aliphatic rings. The van der Waals surface area contributed by atoms with Crippen molar-refractivity contribution >= 4 is 72.4 Å². The van der Waals surface area contributed by atoms with Crippen LogP contribution in [0.15, 0.2) is 48.7 Å². The summed E-state index contributed by atoms with van der Waals surface area (Å²) in [5, 5.41) is 0. The van der Waals surface area contributed by atoms with Crippen molar-refractivity contribution in [2.45, 2.75) is 73.6 Å². The van der Waals surface area contributed by atoms with E-state index < -0.39 is 0 Å². The topological polar surface area (TPSA) is 109 Å². The fourth-order valence-corrected chi connectivity index (χ4v) is 6.60. The summed E-state index contributed by atoms with van der Waals surface area (Å²) in [4.78, 5) is 43.1. The number of esters is 2. The van der Waals surface area contributed by atoms with Crippen molar-refractivity contribution in [1.29, 1.82) is 0 Å². The summed E-state index contributed by atoms with van der Waals surface area (Å²) >= 11 is 7.07. The monoisotopic (exact) mass is 738 g/mol. The van der Waals surface area contributed by atoms with Gasteiger partial charge < -0.3 is 19.4 Å². The van der Waals surface area contributed by atoms with Crippen LogP contribution in [0, 0.1) is 20.8 Å². The van der Waals surface area contributed by atoms with Gasteiger partial charge in [0.05, 0.1) is 31.3 Å². The van der Waals surface area contributed by atoms with Crippen LogP contribution in [0.2, 0.25) is 0 Å². The summed E-state index contributed by atoms with van der Waals surface area (Å²) in [5.74, 6) is -0.523. The number of carbonyl (C=O) groups is 2. The number of aromatic nitrogens is 2. The molecule has 2 aromatic rings. The van der Waals surface area contributed by atoms with Gasteiger partial charge in [0.15, 0.2) is 0 Å². The Kier molecular flexibility index (Phi) is 11.3. The third kappa shape index (κ3) is 7.49. The van der Waals surface area contributed by atoms with E-state index in [2.05, 4.69) is 93.6 Å². The smallest absolute Gasteiger partial charge is 0.305 e. The van der Waals surface area contributed by atoms with E-state index in [0.717, 1.165) is 88.9 Å². The van der Waals surface area contributed by atoms with E-state index in [1.54, 1.807) is 0 Å². The number of ether oxygens (including phenoxy) is 2. The van der Waals surface area contributed by atoms with Crippen molar-refractivity contribution in [2.75, 3.05) is 14.2 Å². The van der Waals surface area contributed by atoms with E-state index >= 15 is 0 Å². The van der Waals surface area contributed by atoms with Gasteiger partial charge in [0, 0.05) is 58.3 Å². The Hall–Kier alpha value is -3.50. The first-order chi connectivity index (χ1) is 21.4. The number of allylic oxidation sites excluding steroid dienone is 4. The Morgan fingerprint density at radius 3 is 2.09 bits per heavy atom. The average Bonchev–Trinajstić information content (AvgIpc) is 3.69. The summed E-state index contributed by atoms with van der Waals surface area (Å²) in [5.41, 5.74) is 15.2. The van der Waals surface area contributed by atoms with Crippen molar-refractivity contribution in [2.24, 2.45) is 9.98 Å². The second-order valence-electron chi connectivity index (χ2n) is 11.4. The van der Waals surface area contributed by atoms with E-state index in [4.69, 9.17) is 14.5 Å². The van der Waals surface area contributed by atoms with Gasteiger partial charge in [0.25, 0.3) is 0 Å². The standard InChI is InChI=1S/C35H40Br2N4O4/c1-18-17-38-27(19(18)2)13-28-20(3)24(9-11-33(42)44-7)31(40-28)15-32-25(10-12-34(43)45-8)21(4)29(41-32)14-30-22(5)35(23(6)39-30)26(37)16-36/h13-14,16-17,39-40H,9-12,15H2,1-8H3/b26-16-,27-13+,29-14+. The third-order valence-electron chi connectivity index (χ3n) is 8.65. The van der Waals surface area contributed by atoms with Crippen LogP contribution >= 0.6 is 31.9 Å². The molecule has 0 aliphatic carbocycles. The molecule has 0 atom stereocenters. The summed E-state index contributed by atoms with van der Waals surface area (Å²) in [6.45, 7) is 12.4. The quantitative estimate of drug-likeness (QED) is 0.225. The molecule has 2 N–H and O–H groups in total. The fraction of sp³-hybridized carbons (Fsp3) is 0.371. The van der Waals surface area contributed by atoms with Crippen molar-refractivity contribution in [1.82, 2.24) is 9.97 Å². The molecule has 2 aromatic heterocycles. The number of nitrogens with zero attached hydrogens (tertiary/aromatic N) is 2. The lowest BCUT2D eigenvalue weighted by Gasteiger charge is -2.09. The molecule has 2 aliphatic heterocycles. The maximum atomic E-state index is 12.2. The minimum Gasteiger partial charge on any atom is -0.469 e. The summed E-state index contributed by atoms with van der Waals surface area (Å²) in [6.07, 6.45) is 8.08. The normalized spacial score (nSPS) is 16.9. The zero-order valence-corrected chi connectivity index (χ0v) is 30.3. The van der Waals surface area contributed by atoms with Crippen LogP contribution in [-0.4, -0.2) is 48.1 Å². The lowest BCUT2D eigenvalue weighted by molar-refractivity contribution is -0.141. The van der Waals surface area contributed by atoms with Crippen molar-refractivity contribution < 1.29 is 19.1 Å². The van der Waals surface area contributed by atoms with E-state index in [1.807, 2.05) is 18.1 Å². The van der Waals surface area contributed by atoms with Gasteiger partial charge in [-0.15, -0.1) is 0 Å². The number of carbonyl (C=O) groups excluding carboxylic acids is 2. The van der Waals surface area contributed by atoms with Crippen LogP contribution in [0.5, 0.6) is 0 Å². The molecule has 0 radical (unpaired) electrons. The van der Waals surface area contributed by atoms with Crippen LogP contribution in [0.25, 0.3) is 16.6 Å². The lowest BCUT2D eigenvalue weighted by atomic mass is 9.95. The molecular weight excluding hydrogens is 700 g/mol. The Morgan fingerprint density at radius 1 is 0.867 bits per heavy atom. The highest BCUT2D eigenvalue weighted by Crippen LogP contribution is 2.36. The van der Waals surface area contributed by atoms with Gasteiger partial charge >= 0.3 is 11.9 Å². The van der Waals surface area contributed by atoms with E-state index in [1.165, 1.54) is 14.2 Å². The van der Waals surface area contributed by atoms with Crippen LogP contribution in [-0.2, 0) is 31.9 Å². The zero-order valence-electron chi connectivity index (χ0n) is 27.1. The number of hydrogen-bond donors (Lipinski definition) is 2. The summed E-state index contributed by atoms with van der Waals surface area (Å²) < 4.78 is 10.9. The third-order valence-corrected chi connectivity index (χ3v) is 10.3. The second-order valence-corrected chi connectivity index (χ2v) is 12.7. The summed E-state index contributed by atoms with van der Waals surface area (Å²) in [6, 6.07) is 0. The van der Waals surface area contributed by atoms with Crippen molar-refractivity contribution in [3.8, 4) is 0 Å². The number of nitrogens with one attached hydrogen (secondary N) is 2. The Labute approximate surface area is 281 Å². The molecule has 0 aromatic carbocycles. The molecule has 4 heterocycles. The molecule has 45 heavy (non-hydrogen) atoms. The first-order valence-electron chi connectivity index (χ1n) is 14.8. The highest BCUT2D eigenvalue weighted by molar-refractivity contribution is 9.16. The van der Waals surface area contributed by atoms with Gasteiger partial charge in [-0.2, -0.15) is 0 Å². The van der Waals surface area contributed by atoms with Gasteiger partial charge in [0.2, 0.25) is 0 Å². The number of aromatic amines is 2. The van der Waals surface area contributed by atoms with Crippen molar-refractivity contribution in [3.05, 3.63) is 83.7 Å².